The van der Waals surface area contributed by atoms with Crippen molar-refractivity contribution in [2.75, 3.05) is 12.4 Å². The van der Waals surface area contributed by atoms with Gasteiger partial charge in [-0.2, -0.15) is 4.98 Å². The number of aryl methyl sites for hydroxylation is 1. The quantitative estimate of drug-likeness (QED) is 0.540. The average Bonchev–Trinajstić information content (AvgIpc) is 3.22. The van der Waals surface area contributed by atoms with E-state index in [-0.39, 0.29) is 18.7 Å². The molecule has 0 aliphatic carbocycles. The molecule has 0 radical (unpaired) electrons. The van der Waals surface area contributed by atoms with Crippen molar-refractivity contribution in [3.8, 4) is 11.4 Å². The Morgan fingerprint density at radius 1 is 1.17 bits per heavy atom. The number of esters is 1. The summed E-state index contributed by atoms with van der Waals surface area (Å²) in [6, 6.07) is 12.5. The van der Waals surface area contributed by atoms with E-state index in [1.54, 1.807) is 0 Å². The molecule has 0 unspecified atom stereocenters. The smallest absolute Gasteiger partial charge is 0.337 e. The largest absolute Gasteiger partial charge is 0.465 e. The van der Waals surface area contributed by atoms with E-state index in [2.05, 4.69) is 34.0 Å². The van der Waals surface area contributed by atoms with Crippen LogP contribution in [0.5, 0.6) is 0 Å². The minimum absolute atomic E-state index is 0.118. The van der Waals surface area contributed by atoms with Crippen molar-refractivity contribution >= 4 is 29.2 Å². The molecule has 0 saturated heterocycles. The number of aromatic nitrogens is 2. The third kappa shape index (κ3) is 5.24. The molecule has 1 amide bonds. The molecular formula is C22H22ClN3O4. The molecule has 3 aromatic rings. The zero-order valence-electron chi connectivity index (χ0n) is 16.9. The molecule has 7 nitrogen and oxygen atoms in total. The normalized spacial score (nSPS) is 10.8. The molecule has 2 aromatic carbocycles. The first-order chi connectivity index (χ1) is 14.4. The lowest BCUT2D eigenvalue weighted by Gasteiger charge is -2.08. The monoisotopic (exact) mass is 427 g/mol. The standard InChI is InChI=1S/C22H22ClN3O4/c1-13(2)14-4-6-15(7-5-14)21-25-20(30-26-21)11-10-19(27)24-18-12-16(22(28)29-3)8-9-17(18)23/h4-9,12-13H,10-11H2,1-3H3,(H,24,27). The molecule has 3 rings (SSSR count). The molecule has 0 aliphatic heterocycles. The number of methoxy groups -OCH3 is 1. The second kappa shape index (κ2) is 9.54. The van der Waals surface area contributed by atoms with Crippen molar-refractivity contribution < 1.29 is 18.8 Å². The van der Waals surface area contributed by atoms with Crippen molar-refractivity contribution in [1.82, 2.24) is 10.1 Å². The minimum Gasteiger partial charge on any atom is -0.465 e. The average molecular weight is 428 g/mol. The van der Waals surface area contributed by atoms with Crippen LogP contribution < -0.4 is 5.32 Å². The lowest BCUT2D eigenvalue weighted by molar-refractivity contribution is -0.116. The molecule has 0 atom stereocenters. The van der Waals surface area contributed by atoms with Crippen molar-refractivity contribution in [3.63, 3.8) is 0 Å². The molecule has 1 N–H and O–H groups in total. The van der Waals surface area contributed by atoms with Gasteiger partial charge in [0.25, 0.3) is 0 Å². The topological polar surface area (TPSA) is 94.3 Å². The van der Waals surface area contributed by atoms with E-state index in [0.717, 1.165) is 5.56 Å². The van der Waals surface area contributed by atoms with Crippen LogP contribution in [0.25, 0.3) is 11.4 Å². The number of nitrogens with one attached hydrogen (secondary N) is 1. The van der Waals surface area contributed by atoms with Gasteiger partial charge in [0.1, 0.15) is 0 Å². The van der Waals surface area contributed by atoms with E-state index in [1.807, 2.05) is 24.3 Å². The highest BCUT2D eigenvalue weighted by Crippen LogP contribution is 2.24. The minimum atomic E-state index is -0.512. The van der Waals surface area contributed by atoms with Crippen LogP contribution in [0.15, 0.2) is 47.0 Å². The van der Waals surface area contributed by atoms with Gasteiger partial charge in [0.2, 0.25) is 17.6 Å². The number of benzene rings is 2. The number of halogens is 1. The van der Waals surface area contributed by atoms with Crippen molar-refractivity contribution in [1.29, 1.82) is 0 Å². The molecule has 0 fully saturated rings. The Bertz CT molecular complexity index is 1040. The van der Waals surface area contributed by atoms with Crippen LogP contribution in [0.1, 0.15) is 48.0 Å². The molecule has 156 valence electrons. The number of amides is 1. The third-order valence-electron chi connectivity index (χ3n) is 4.53. The summed E-state index contributed by atoms with van der Waals surface area (Å²) in [4.78, 5) is 28.3. The lowest BCUT2D eigenvalue weighted by Crippen LogP contribution is -2.13. The summed E-state index contributed by atoms with van der Waals surface area (Å²) in [6.45, 7) is 4.26. The van der Waals surface area contributed by atoms with Crippen molar-refractivity contribution in [2.45, 2.75) is 32.6 Å². The maximum atomic E-state index is 12.3. The predicted octanol–water partition coefficient (Wildman–Crippen LogP) is 4.87. The van der Waals surface area contributed by atoms with Gasteiger partial charge in [-0.1, -0.05) is 54.9 Å². The number of nitrogens with zero attached hydrogens (tertiary/aromatic N) is 2. The molecule has 1 heterocycles. The van der Waals surface area contributed by atoms with E-state index < -0.39 is 5.97 Å². The number of rotatable bonds is 7. The van der Waals surface area contributed by atoms with Gasteiger partial charge in [0.15, 0.2) is 0 Å². The van der Waals surface area contributed by atoms with Crippen molar-refractivity contribution in [2.24, 2.45) is 0 Å². The summed E-state index contributed by atoms with van der Waals surface area (Å²) >= 11 is 6.10. The van der Waals surface area contributed by atoms with E-state index in [0.29, 0.717) is 33.9 Å². The number of ether oxygens (including phenoxy) is 1. The van der Waals surface area contributed by atoms with Gasteiger partial charge < -0.3 is 14.6 Å². The molecule has 30 heavy (non-hydrogen) atoms. The fraction of sp³-hybridized carbons (Fsp3) is 0.273. The highest BCUT2D eigenvalue weighted by Gasteiger charge is 2.14. The summed E-state index contributed by atoms with van der Waals surface area (Å²) in [6.07, 6.45) is 0.393. The summed E-state index contributed by atoms with van der Waals surface area (Å²) in [5.74, 6) is 0.485. The zero-order valence-corrected chi connectivity index (χ0v) is 17.7. The van der Waals surface area contributed by atoms with Crippen LogP contribution in [0.2, 0.25) is 5.02 Å². The van der Waals surface area contributed by atoms with Gasteiger partial charge in [0.05, 0.1) is 23.4 Å². The van der Waals surface area contributed by atoms with Crippen LogP contribution in [0, 0.1) is 0 Å². The Morgan fingerprint density at radius 3 is 2.57 bits per heavy atom. The first-order valence-electron chi connectivity index (χ1n) is 9.48. The van der Waals surface area contributed by atoms with Crippen LogP contribution in [-0.4, -0.2) is 29.1 Å². The van der Waals surface area contributed by atoms with Crippen molar-refractivity contribution in [3.05, 3.63) is 64.5 Å². The Kier molecular flexibility index (Phi) is 6.84. The lowest BCUT2D eigenvalue weighted by atomic mass is 10.0. The van der Waals surface area contributed by atoms with E-state index in [9.17, 15) is 9.59 Å². The Morgan fingerprint density at radius 2 is 1.90 bits per heavy atom. The van der Waals surface area contributed by atoms with Gasteiger partial charge in [-0.3, -0.25) is 4.79 Å². The van der Waals surface area contributed by atoms with Crippen LogP contribution in [-0.2, 0) is 16.0 Å². The van der Waals surface area contributed by atoms with E-state index >= 15 is 0 Å². The zero-order chi connectivity index (χ0) is 21.7. The third-order valence-corrected chi connectivity index (χ3v) is 4.86. The summed E-state index contributed by atoms with van der Waals surface area (Å²) in [5, 5.41) is 6.99. The summed E-state index contributed by atoms with van der Waals surface area (Å²) in [5.41, 5.74) is 2.71. The van der Waals surface area contributed by atoms with E-state index in [4.69, 9.17) is 16.1 Å². The summed E-state index contributed by atoms with van der Waals surface area (Å²) in [7, 11) is 1.28. The summed E-state index contributed by atoms with van der Waals surface area (Å²) < 4.78 is 9.93. The molecule has 0 aliphatic rings. The molecule has 0 saturated carbocycles. The first-order valence-corrected chi connectivity index (χ1v) is 9.85. The highest BCUT2D eigenvalue weighted by atomic mass is 35.5. The fourth-order valence-corrected chi connectivity index (χ4v) is 2.95. The van der Waals surface area contributed by atoms with Crippen LogP contribution in [0.4, 0.5) is 5.69 Å². The molecular weight excluding hydrogens is 406 g/mol. The number of hydrogen-bond donors (Lipinski definition) is 1. The highest BCUT2D eigenvalue weighted by molar-refractivity contribution is 6.33. The Labute approximate surface area is 179 Å². The van der Waals surface area contributed by atoms with Gasteiger partial charge >= 0.3 is 5.97 Å². The van der Waals surface area contributed by atoms with Gasteiger partial charge in [-0.15, -0.1) is 0 Å². The molecule has 0 bridgehead atoms. The van der Waals surface area contributed by atoms with Gasteiger partial charge in [0, 0.05) is 18.4 Å². The van der Waals surface area contributed by atoms with Crippen LogP contribution in [0.3, 0.4) is 0 Å². The predicted molar refractivity (Wildman–Crippen MR) is 114 cm³/mol. The number of carbonyl (C=O) groups is 2. The second-order valence-electron chi connectivity index (χ2n) is 7.02. The maximum absolute atomic E-state index is 12.3. The van der Waals surface area contributed by atoms with Gasteiger partial charge in [-0.25, -0.2) is 4.79 Å². The molecule has 8 heteroatoms. The van der Waals surface area contributed by atoms with Crippen LogP contribution >= 0.6 is 11.6 Å². The first kappa shape index (κ1) is 21.5. The van der Waals surface area contributed by atoms with E-state index in [1.165, 1.54) is 30.9 Å². The Balaban J connectivity index is 1.60. The SMILES string of the molecule is COC(=O)c1ccc(Cl)c(NC(=O)CCc2nc(-c3ccc(C(C)C)cc3)no2)c1. The number of carbonyl (C=O) groups excluding carboxylic acids is 2. The Hall–Kier alpha value is -3.19. The molecule has 0 spiro atoms. The molecule has 1 aromatic heterocycles. The maximum Gasteiger partial charge on any atom is 0.337 e. The number of anilines is 1. The second-order valence-corrected chi connectivity index (χ2v) is 7.43. The fourth-order valence-electron chi connectivity index (χ4n) is 2.79. The van der Waals surface area contributed by atoms with Gasteiger partial charge in [-0.05, 0) is 29.7 Å². The number of hydrogen-bond acceptors (Lipinski definition) is 6.